The number of benzene rings is 1. The maximum atomic E-state index is 11.7. The molecule has 0 saturated carbocycles. The third kappa shape index (κ3) is 3.25. The van der Waals surface area contributed by atoms with E-state index in [9.17, 15) is 4.79 Å². The van der Waals surface area contributed by atoms with Crippen LogP contribution in [0.2, 0.25) is 0 Å². The molecule has 0 atom stereocenters. The molecule has 0 aliphatic carbocycles. The Bertz CT molecular complexity index is 336. The van der Waals surface area contributed by atoms with E-state index in [0.717, 1.165) is 12.8 Å². The first-order valence-electron chi connectivity index (χ1n) is 5.55. The number of thioether (sulfide) groups is 1. The van der Waals surface area contributed by atoms with Crippen molar-refractivity contribution < 1.29 is 4.79 Å². The van der Waals surface area contributed by atoms with E-state index < -0.39 is 0 Å². The second kappa shape index (κ2) is 5.92. The summed E-state index contributed by atoms with van der Waals surface area (Å²) in [7, 11) is 0. The molecule has 2 N–H and O–H groups in total. The fourth-order valence-corrected chi connectivity index (χ4v) is 2.78. The average Bonchev–Trinajstić information content (AvgIpc) is 2.38. The summed E-state index contributed by atoms with van der Waals surface area (Å²) in [5, 5.41) is 0. The summed E-state index contributed by atoms with van der Waals surface area (Å²) in [5.41, 5.74) is 6.57. The summed E-state index contributed by atoms with van der Waals surface area (Å²) in [4.78, 5) is 11.7. The summed E-state index contributed by atoms with van der Waals surface area (Å²) >= 11 is 1.98. The highest BCUT2D eigenvalue weighted by atomic mass is 32.2. The molecule has 16 heavy (non-hydrogen) atoms. The smallest absolute Gasteiger partial charge is 0.265 e. The molecule has 0 bridgehead atoms. The van der Waals surface area contributed by atoms with E-state index >= 15 is 0 Å². The number of carbonyl (C=O) groups is 1. The van der Waals surface area contributed by atoms with Crippen molar-refractivity contribution in [1.29, 1.82) is 0 Å². The molecule has 2 rings (SSSR count). The van der Waals surface area contributed by atoms with Gasteiger partial charge in [-0.2, -0.15) is 11.8 Å². The van der Waals surface area contributed by atoms with Gasteiger partial charge in [0.05, 0.1) is 0 Å². The van der Waals surface area contributed by atoms with Crippen molar-refractivity contribution >= 4 is 17.7 Å². The van der Waals surface area contributed by atoms with E-state index in [1.54, 1.807) is 0 Å². The predicted octanol–water partition coefficient (Wildman–Crippen LogP) is 1.82. The molecule has 1 aliphatic heterocycles. The van der Waals surface area contributed by atoms with Crippen molar-refractivity contribution in [2.75, 3.05) is 11.5 Å². The van der Waals surface area contributed by atoms with Gasteiger partial charge in [-0.25, -0.2) is 5.43 Å². The van der Waals surface area contributed by atoms with Crippen molar-refractivity contribution in [2.45, 2.75) is 18.9 Å². The summed E-state index contributed by atoms with van der Waals surface area (Å²) in [6, 6.07) is 9.69. The zero-order valence-corrected chi connectivity index (χ0v) is 9.93. The SMILES string of the molecule is O=C(NNC1CCSCC1)c1ccccc1. The zero-order chi connectivity index (χ0) is 11.2. The van der Waals surface area contributed by atoms with Gasteiger partial charge in [0.15, 0.2) is 0 Å². The number of carbonyl (C=O) groups excluding carboxylic acids is 1. The summed E-state index contributed by atoms with van der Waals surface area (Å²) in [5.74, 6) is 2.30. The lowest BCUT2D eigenvalue weighted by Crippen LogP contribution is -2.45. The highest BCUT2D eigenvalue weighted by Gasteiger charge is 2.14. The number of hydrazine groups is 1. The minimum atomic E-state index is -0.0566. The summed E-state index contributed by atoms with van der Waals surface area (Å²) in [6.45, 7) is 0. The zero-order valence-electron chi connectivity index (χ0n) is 9.11. The Balaban J connectivity index is 1.79. The van der Waals surface area contributed by atoms with E-state index in [2.05, 4.69) is 10.9 Å². The van der Waals surface area contributed by atoms with E-state index in [1.165, 1.54) is 11.5 Å². The van der Waals surface area contributed by atoms with Crippen molar-refractivity contribution in [3.63, 3.8) is 0 Å². The van der Waals surface area contributed by atoms with Gasteiger partial charge >= 0.3 is 0 Å². The first-order chi connectivity index (χ1) is 7.86. The molecular formula is C12H16N2OS. The lowest BCUT2D eigenvalue weighted by Gasteiger charge is -2.22. The second-order valence-electron chi connectivity index (χ2n) is 3.85. The molecule has 86 valence electrons. The highest BCUT2D eigenvalue weighted by molar-refractivity contribution is 7.99. The predicted molar refractivity (Wildman–Crippen MR) is 67.4 cm³/mol. The molecular weight excluding hydrogens is 220 g/mol. The van der Waals surface area contributed by atoms with Gasteiger partial charge in [0.1, 0.15) is 0 Å². The highest BCUT2D eigenvalue weighted by Crippen LogP contribution is 2.16. The molecule has 0 unspecified atom stereocenters. The Kier molecular flexibility index (Phi) is 4.25. The number of hydrogen-bond acceptors (Lipinski definition) is 3. The van der Waals surface area contributed by atoms with Gasteiger partial charge in [-0.1, -0.05) is 18.2 Å². The second-order valence-corrected chi connectivity index (χ2v) is 5.08. The Hall–Kier alpha value is -1.00. The van der Waals surface area contributed by atoms with E-state index in [4.69, 9.17) is 0 Å². The Morgan fingerprint density at radius 3 is 2.56 bits per heavy atom. The third-order valence-electron chi connectivity index (χ3n) is 2.65. The number of hydrogen-bond donors (Lipinski definition) is 2. The largest absolute Gasteiger partial charge is 0.287 e. The van der Waals surface area contributed by atoms with Crippen LogP contribution in [0.1, 0.15) is 23.2 Å². The fourth-order valence-electron chi connectivity index (χ4n) is 1.67. The Morgan fingerprint density at radius 1 is 1.19 bits per heavy atom. The lowest BCUT2D eigenvalue weighted by atomic mass is 10.2. The molecule has 1 aromatic carbocycles. The van der Waals surface area contributed by atoms with Gasteiger partial charge in [0, 0.05) is 11.6 Å². The van der Waals surface area contributed by atoms with E-state index in [1.807, 2.05) is 42.1 Å². The number of rotatable bonds is 3. The number of nitrogens with one attached hydrogen (secondary N) is 2. The molecule has 1 amide bonds. The van der Waals surface area contributed by atoms with E-state index in [-0.39, 0.29) is 5.91 Å². The average molecular weight is 236 g/mol. The van der Waals surface area contributed by atoms with Crippen LogP contribution in [0, 0.1) is 0 Å². The molecule has 0 spiro atoms. The first kappa shape index (κ1) is 11.5. The molecule has 1 heterocycles. The van der Waals surface area contributed by atoms with Crippen LogP contribution in [0.15, 0.2) is 30.3 Å². The maximum absolute atomic E-state index is 11.7. The van der Waals surface area contributed by atoms with Crippen molar-refractivity contribution in [2.24, 2.45) is 0 Å². The minimum Gasteiger partial charge on any atom is -0.287 e. The van der Waals surface area contributed by atoms with Gasteiger partial charge in [-0.15, -0.1) is 0 Å². The van der Waals surface area contributed by atoms with E-state index in [0.29, 0.717) is 11.6 Å². The number of amides is 1. The Morgan fingerprint density at radius 2 is 1.88 bits per heavy atom. The fraction of sp³-hybridized carbons (Fsp3) is 0.417. The quantitative estimate of drug-likeness (QED) is 0.787. The first-order valence-corrected chi connectivity index (χ1v) is 6.70. The maximum Gasteiger partial charge on any atom is 0.265 e. The monoisotopic (exact) mass is 236 g/mol. The molecule has 1 fully saturated rings. The molecule has 4 heteroatoms. The molecule has 0 radical (unpaired) electrons. The van der Waals surface area contributed by atoms with Gasteiger partial charge in [0.25, 0.3) is 5.91 Å². The Labute approximate surface area is 100.0 Å². The molecule has 1 aromatic rings. The normalized spacial score (nSPS) is 17.0. The van der Waals surface area contributed by atoms with Crippen LogP contribution < -0.4 is 10.9 Å². The van der Waals surface area contributed by atoms with Gasteiger partial charge < -0.3 is 0 Å². The summed E-state index contributed by atoms with van der Waals surface area (Å²) < 4.78 is 0. The minimum absolute atomic E-state index is 0.0566. The summed E-state index contributed by atoms with van der Waals surface area (Å²) in [6.07, 6.45) is 2.25. The molecule has 1 aliphatic rings. The standard InChI is InChI=1S/C12H16N2OS/c15-12(10-4-2-1-3-5-10)14-13-11-6-8-16-9-7-11/h1-5,11,13H,6-9H2,(H,14,15). The van der Waals surface area contributed by atoms with Crippen molar-refractivity contribution in [3.05, 3.63) is 35.9 Å². The van der Waals surface area contributed by atoms with Crippen LogP contribution in [0.5, 0.6) is 0 Å². The van der Waals surface area contributed by atoms with Gasteiger partial charge in [-0.3, -0.25) is 10.2 Å². The van der Waals surface area contributed by atoms with Crippen LogP contribution in [-0.2, 0) is 0 Å². The van der Waals surface area contributed by atoms with Crippen molar-refractivity contribution in [1.82, 2.24) is 10.9 Å². The van der Waals surface area contributed by atoms with Crippen LogP contribution in [-0.4, -0.2) is 23.5 Å². The van der Waals surface area contributed by atoms with Gasteiger partial charge in [0.2, 0.25) is 0 Å². The van der Waals surface area contributed by atoms with Crippen LogP contribution in [0.25, 0.3) is 0 Å². The van der Waals surface area contributed by atoms with Crippen LogP contribution in [0.4, 0.5) is 0 Å². The van der Waals surface area contributed by atoms with Crippen LogP contribution >= 0.6 is 11.8 Å². The van der Waals surface area contributed by atoms with Crippen LogP contribution in [0.3, 0.4) is 0 Å². The van der Waals surface area contributed by atoms with Gasteiger partial charge in [-0.05, 0) is 36.5 Å². The topological polar surface area (TPSA) is 41.1 Å². The molecule has 0 aromatic heterocycles. The molecule has 3 nitrogen and oxygen atoms in total. The third-order valence-corrected chi connectivity index (χ3v) is 3.70. The lowest BCUT2D eigenvalue weighted by molar-refractivity contribution is 0.0924. The van der Waals surface area contributed by atoms with Crippen molar-refractivity contribution in [3.8, 4) is 0 Å². The molecule has 1 saturated heterocycles.